The van der Waals surface area contributed by atoms with Crippen molar-refractivity contribution in [2.75, 3.05) is 26.2 Å². The monoisotopic (exact) mass is 322 g/mol. The van der Waals surface area contributed by atoms with Gasteiger partial charge in [-0.05, 0) is 41.1 Å². The van der Waals surface area contributed by atoms with Crippen LogP contribution in [-0.4, -0.2) is 31.1 Å². The number of hydrogen-bond acceptors (Lipinski definition) is 3. The zero-order chi connectivity index (χ0) is 11.5. The van der Waals surface area contributed by atoms with Crippen LogP contribution in [-0.2, 0) is 0 Å². The topological polar surface area (TPSA) is 15.3 Å². The van der Waals surface area contributed by atoms with Crippen LogP contribution in [0.2, 0.25) is 0 Å². The predicted octanol–water partition coefficient (Wildman–Crippen LogP) is 3.73. The van der Waals surface area contributed by atoms with Crippen LogP contribution >= 0.6 is 36.2 Å². The van der Waals surface area contributed by atoms with Gasteiger partial charge in [0, 0.05) is 32.2 Å². The Morgan fingerprint density at radius 1 is 1.16 bits per heavy atom. The van der Waals surface area contributed by atoms with E-state index in [1.165, 1.54) is 38.8 Å². The van der Waals surface area contributed by atoms with Crippen molar-refractivity contribution in [3.05, 3.63) is 22.4 Å². The first-order valence-corrected chi connectivity index (χ1v) is 7.86. The number of halogens is 2. The van der Waals surface area contributed by atoms with Gasteiger partial charge in [-0.25, -0.2) is 0 Å². The SMILES string of the molecule is Cl.Cl.c1cc([C@H](C2CCCC2)N2CCNCC2)cs1. The lowest BCUT2D eigenvalue weighted by Crippen LogP contribution is -2.46. The quantitative estimate of drug-likeness (QED) is 0.912. The van der Waals surface area contributed by atoms with Gasteiger partial charge in [0.25, 0.3) is 0 Å². The first-order chi connectivity index (χ1) is 8.45. The molecule has 0 spiro atoms. The molecule has 1 saturated heterocycles. The second-order valence-electron chi connectivity index (χ2n) is 5.33. The maximum absolute atomic E-state index is 3.47. The molecule has 0 radical (unpaired) electrons. The van der Waals surface area contributed by atoms with Crippen molar-refractivity contribution in [3.8, 4) is 0 Å². The number of thiophene rings is 1. The molecule has 3 rings (SSSR count). The summed E-state index contributed by atoms with van der Waals surface area (Å²) in [5.41, 5.74) is 1.57. The van der Waals surface area contributed by atoms with E-state index >= 15 is 0 Å². The van der Waals surface area contributed by atoms with Gasteiger partial charge in [0.05, 0.1) is 0 Å². The molecular weight excluding hydrogens is 299 g/mol. The molecule has 2 aliphatic rings. The van der Waals surface area contributed by atoms with E-state index in [1.54, 1.807) is 5.56 Å². The molecule has 19 heavy (non-hydrogen) atoms. The molecule has 5 heteroatoms. The van der Waals surface area contributed by atoms with Gasteiger partial charge in [-0.2, -0.15) is 11.3 Å². The van der Waals surface area contributed by atoms with Crippen molar-refractivity contribution < 1.29 is 0 Å². The van der Waals surface area contributed by atoms with Gasteiger partial charge in [0.2, 0.25) is 0 Å². The van der Waals surface area contributed by atoms with Gasteiger partial charge >= 0.3 is 0 Å². The Bertz CT molecular complexity index is 333. The summed E-state index contributed by atoms with van der Waals surface area (Å²) in [6, 6.07) is 3.04. The molecule has 2 heterocycles. The Morgan fingerprint density at radius 3 is 2.42 bits per heavy atom. The number of nitrogens with one attached hydrogen (secondary N) is 1. The van der Waals surface area contributed by atoms with Gasteiger partial charge in [0.1, 0.15) is 0 Å². The summed E-state index contributed by atoms with van der Waals surface area (Å²) in [6.45, 7) is 4.76. The van der Waals surface area contributed by atoms with E-state index in [4.69, 9.17) is 0 Å². The highest BCUT2D eigenvalue weighted by atomic mass is 35.5. The summed E-state index contributed by atoms with van der Waals surface area (Å²) >= 11 is 1.85. The van der Waals surface area contributed by atoms with E-state index in [2.05, 4.69) is 27.0 Å². The second kappa shape index (κ2) is 8.48. The van der Waals surface area contributed by atoms with Crippen molar-refractivity contribution in [1.82, 2.24) is 10.2 Å². The molecule has 1 aromatic rings. The maximum Gasteiger partial charge on any atom is 0.0385 e. The van der Waals surface area contributed by atoms with E-state index in [-0.39, 0.29) is 24.8 Å². The molecule has 1 saturated carbocycles. The predicted molar refractivity (Wildman–Crippen MR) is 88.0 cm³/mol. The molecule has 1 atom stereocenters. The zero-order valence-corrected chi connectivity index (χ0v) is 13.7. The molecular formula is C14H24Cl2N2S. The van der Waals surface area contributed by atoms with Crippen molar-refractivity contribution in [2.45, 2.75) is 31.7 Å². The minimum atomic E-state index is 0. The van der Waals surface area contributed by atoms with Crippen LogP contribution < -0.4 is 5.32 Å². The fraction of sp³-hybridized carbons (Fsp3) is 0.714. The molecule has 1 aliphatic carbocycles. The molecule has 1 N–H and O–H groups in total. The third kappa shape index (κ3) is 4.08. The van der Waals surface area contributed by atoms with Crippen LogP contribution in [0.4, 0.5) is 0 Å². The Balaban J connectivity index is 0.000000902. The van der Waals surface area contributed by atoms with Crippen molar-refractivity contribution in [3.63, 3.8) is 0 Å². The van der Waals surface area contributed by atoms with Crippen molar-refractivity contribution >= 4 is 36.2 Å². The van der Waals surface area contributed by atoms with Crippen LogP contribution in [0.5, 0.6) is 0 Å². The minimum Gasteiger partial charge on any atom is -0.314 e. The van der Waals surface area contributed by atoms with Crippen LogP contribution in [0.1, 0.15) is 37.3 Å². The molecule has 0 amide bonds. The van der Waals surface area contributed by atoms with Gasteiger partial charge in [-0.1, -0.05) is 12.8 Å². The van der Waals surface area contributed by atoms with Gasteiger partial charge in [0.15, 0.2) is 0 Å². The highest BCUT2D eigenvalue weighted by Gasteiger charge is 2.31. The largest absolute Gasteiger partial charge is 0.314 e. The molecule has 2 fully saturated rings. The lowest BCUT2D eigenvalue weighted by molar-refractivity contribution is 0.126. The standard InChI is InChI=1S/C14H22N2S.2ClH/c1-2-4-12(3-1)14(13-5-10-17-11-13)16-8-6-15-7-9-16;;/h5,10-12,14-15H,1-4,6-9H2;2*1H/t14-;;/m0../s1. The number of hydrogen-bond donors (Lipinski definition) is 1. The van der Waals surface area contributed by atoms with Crippen molar-refractivity contribution in [2.24, 2.45) is 5.92 Å². The molecule has 0 aromatic carbocycles. The lowest BCUT2D eigenvalue weighted by atomic mass is 9.91. The Labute approximate surface area is 132 Å². The first-order valence-electron chi connectivity index (χ1n) is 6.92. The van der Waals surface area contributed by atoms with Crippen LogP contribution in [0.25, 0.3) is 0 Å². The Kier molecular flexibility index (Phi) is 7.70. The summed E-state index contributed by atoms with van der Waals surface area (Å²) in [6.07, 6.45) is 5.75. The van der Waals surface area contributed by atoms with Crippen molar-refractivity contribution in [1.29, 1.82) is 0 Å². The molecule has 0 bridgehead atoms. The average Bonchev–Trinajstić information content (AvgIpc) is 3.04. The van der Waals surface area contributed by atoms with Gasteiger partial charge in [-0.15, -0.1) is 24.8 Å². The first kappa shape index (κ1) is 17.3. The smallest absolute Gasteiger partial charge is 0.0385 e. The summed E-state index contributed by atoms with van der Waals surface area (Å²) in [5, 5.41) is 8.07. The van der Waals surface area contributed by atoms with E-state index < -0.39 is 0 Å². The summed E-state index contributed by atoms with van der Waals surface area (Å²) in [7, 11) is 0. The highest BCUT2D eigenvalue weighted by Crippen LogP contribution is 2.40. The normalized spacial score (nSPS) is 22.5. The van der Waals surface area contributed by atoms with Crippen LogP contribution in [0.15, 0.2) is 16.8 Å². The minimum absolute atomic E-state index is 0. The molecule has 1 aliphatic heterocycles. The molecule has 2 nitrogen and oxygen atoms in total. The van der Waals surface area contributed by atoms with E-state index in [9.17, 15) is 0 Å². The zero-order valence-electron chi connectivity index (χ0n) is 11.2. The van der Waals surface area contributed by atoms with Crippen LogP contribution in [0, 0.1) is 5.92 Å². The van der Waals surface area contributed by atoms with E-state index in [0.29, 0.717) is 6.04 Å². The van der Waals surface area contributed by atoms with Crippen LogP contribution in [0.3, 0.4) is 0 Å². The second-order valence-corrected chi connectivity index (χ2v) is 6.11. The molecule has 110 valence electrons. The number of rotatable bonds is 3. The highest BCUT2D eigenvalue weighted by molar-refractivity contribution is 7.07. The van der Waals surface area contributed by atoms with Gasteiger partial charge < -0.3 is 5.32 Å². The lowest BCUT2D eigenvalue weighted by Gasteiger charge is -2.38. The van der Waals surface area contributed by atoms with Gasteiger partial charge in [-0.3, -0.25) is 4.90 Å². The number of piperazine rings is 1. The third-order valence-electron chi connectivity index (χ3n) is 4.28. The summed E-state index contributed by atoms with van der Waals surface area (Å²) < 4.78 is 0. The molecule has 0 unspecified atom stereocenters. The number of nitrogens with zero attached hydrogens (tertiary/aromatic N) is 1. The summed E-state index contributed by atoms with van der Waals surface area (Å²) in [5.74, 6) is 0.905. The fourth-order valence-electron chi connectivity index (χ4n) is 3.46. The fourth-order valence-corrected chi connectivity index (χ4v) is 4.15. The molecule has 1 aromatic heterocycles. The Morgan fingerprint density at radius 2 is 1.84 bits per heavy atom. The Hall–Kier alpha value is 0.200. The third-order valence-corrected chi connectivity index (χ3v) is 4.98. The maximum atomic E-state index is 3.47. The summed E-state index contributed by atoms with van der Waals surface area (Å²) in [4.78, 5) is 2.72. The van der Waals surface area contributed by atoms with E-state index in [1.807, 2.05) is 11.3 Å². The van der Waals surface area contributed by atoms with E-state index in [0.717, 1.165) is 19.0 Å². The average molecular weight is 323 g/mol.